The summed E-state index contributed by atoms with van der Waals surface area (Å²) < 4.78 is 13.8. The molecule has 0 radical (unpaired) electrons. The van der Waals surface area contributed by atoms with Crippen LogP contribution >= 0.6 is 15.9 Å². The van der Waals surface area contributed by atoms with Gasteiger partial charge in [-0.2, -0.15) is 0 Å². The summed E-state index contributed by atoms with van der Waals surface area (Å²) in [6.07, 6.45) is 1.54. The van der Waals surface area contributed by atoms with Gasteiger partial charge in [0.05, 0.1) is 5.56 Å². The molecule has 0 aromatic heterocycles. The summed E-state index contributed by atoms with van der Waals surface area (Å²) in [5.74, 6) is -0.974. The van der Waals surface area contributed by atoms with Gasteiger partial charge in [0.15, 0.2) is 0 Å². The summed E-state index contributed by atoms with van der Waals surface area (Å²) >= 11 is 3.17. The molecule has 0 saturated carbocycles. The number of amides is 1. The maximum absolute atomic E-state index is 13.1. The van der Waals surface area contributed by atoms with Gasteiger partial charge in [0.1, 0.15) is 5.82 Å². The Hall–Kier alpha value is -1.16. The van der Waals surface area contributed by atoms with Gasteiger partial charge >= 0.3 is 0 Å². The van der Waals surface area contributed by atoms with E-state index >= 15 is 0 Å². The smallest absolute Gasteiger partial charge is 0.254 e. The lowest BCUT2D eigenvalue weighted by Gasteiger charge is -2.03. The predicted octanol–water partition coefficient (Wildman–Crippen LogP) is 2.50. The lowest BCUT2D eigenvalue weighted by Crippen LogP contribution is -2.24. The molecule has 0 unspecified atom stereocenters. The van der Waals surface area contributed by atoms with Crippen molar-refractivity contribution in [1.29, 1.82) is 0 Å². The van der Waals surface area contributed by atoms with Gasteiger partial charge in [0.25, 0.3) is 5.91 Å². The van der Waals surface area contributed by atoms with Gasteiger partial charge in [0, 0.05) is 11.0 Å². The predicted molar refractivity (Wildman–Crippen MR) is 56.6 cm³/mol. The number of hydrogen-bond donors (Lipinski definition) is 1. The lowest BCUT2D eigenvalue weighted by molar-refractivity contribution is 0.0954. The molecule has 14 heavy (non-hydrogen) atoms. The molecule has 0 saturated heterocycles. The Morgan fingerprint density at radius 3 is 3.00 bits per heavy atom. The van der Waals surface area contributed by atoms with Gasteiger partial charge in [-0.25, -0.2) is 4.39 Å². The standard InChI is InChI=1S/C10H9BrFNO/c1-2-5-13-10(14)8-6-7(11)3-4-9(8)12/h2-4,6H,1,5H2,(H,13,14). The Morgan fingerprint density at radius 2 is 2.36 bits per heavy atom. The average Bonchev–Trinajstić information content (AvgIpc) is 2.18. The molecule has 1 aromatic carbocycles. The van der Waals surface area contributed by atoms with Crippen LogP contribution in [0.4, 0.5) is 4.39 Å². The van der Waals surface area contributed by atoms with Crippen molar-refractivity contribution in [3.05, 3.63) is 46.7 Å². The van der Waals surface area contributed by atoms with Crippen LogP contribution in [-0.2, 0) is 0 Å². The van der Waals surface area contributed by atoms with E-state index in [4.69, 9.17) is 0 Å². The highest BCUT2D eigenvalue weighted by atomic mass is 79.9. The Labute approximate surface area is 89.9 Å². The van der Waals surface area contributed by atoms with Gasteiger partial charge in [-0.05, 0) is 18.2 Å². The second-order valence-corrected chi connectivity index (χ2v) is 3.54. The third-order valence-corrected chi connectivity index (χ3v) is 2.07. The van der Waals surface area contributed by atoms with E-state index in [0.29, 0.717) is 11.0 Å². The van der Waals surface area contributed by atoms with Crippen LogP contribution in [0.15, 0.2) is 35.3 Å². The molecule has 0 aliphatic carbocycles. The molecule has 1 N–H and O–H groups in total. The molecule has 0 aliphatic rings. The van der Waals surface area contributed by atoms with Crippen LogP contribution in [0.2, 0.25) is 0 Å². The van der Waals surface area contributed by atoms with E-state index in [0.717, 1.165) is 0 Å². The molecule has 0 atom stereocenters. The summed E-state index contributed by atoms with van der Waals surface area (Å²) in [5.41, 5.74) is 0.0289. The normalized spacial score (nSPS) is 9.57. The number of benzene rings is 1. The van der Waals surface area contributed by atoms with Gasteiger partial charge < -0.3 is 5.32 Å². The molecule has 0 heterocycles. The monoisotopic (exact) mass is 257 g/mol. The van der Waals surface area contributed by atoms with E-state index in [-0.39, 0.29) is 5.56 Å². The van der Waals surface area contributed by atoms with Crippen LogP contribution in [0.5, 0.6) is 0 Å². The highest BCUT2D eigenvalue weighted by molar-refractivity contribution is 9.10. The molecule has 1 aromatic rings. The van der Waals surface area contributed by atoms with E-state index in [2.05, 4.69) is 27.8 Å². The SMILES string of the molecule is C=CCNC(=O)c1cc(Br)ccc1F. The number of nitrogens with one attached hydrogen (secondary N) is 1. The quantitative estimate of drug-likeness (QED) is 0.829. The van der Waals surface area contributed by atoms with Gasteiger partial charge in [-0.1, -0.05) is 22.0 Å². The maximum atomic E-state index is 13.1. The fourth-order valence-electron chi connectivity index (χ4n) is 0.932. The second kappa shape index (κ2) is 4.91. The van der Waals surface area contributed by atoms with Gasteiger partial charge in [0.2, 0.25) is 0 Å². The summed E-state index contributed by atoms with van der Waals surface area (Å²) in [6.45, 7) is 3.77. The molecule has 2 nitrogen and oxygen atoms in total. The number of carbonyl (C=O) groups excluding carboxylic acids is 1. The minimum atomic E-state index is -0.533. The number of rotatable bonds is 3. The molecule has 0 spiro atoms. The van der Waals surface area contributed by atoms with E-state index in [1.807, 2.05) is 0 Å². The first-order valence-electron chi connectivity index (χ1n) is 3.99. The minimum absolute atomic E-state index is 0.0289. The summed E-state index contributed by atoms with van der Waals surface area (Å²) in [6, 6.07) is 4.22. The van der Waals surface area contributed by atoms with E-state index in [9.17, 15) is 9.18 Å². The van der Waals surface area contributed by atoms with Crippen molar-refractivity contribution >= 4 is 21.8 Å². The van der Waals surface area contributed by atoms with Crippen LogP contribution < -0.4 is 5.32 Å². The number of halogens is 2. The summed E-state index contributed by atoms with van der Waals surface area (Å²) in [7, 11) is 0. The second-order valence-electron chi connectivity index (χ2n) is 2.62. The highest BCUT2D eigenvalue weighted by Crippen LogP contribution is 2.15. The number of carbonyl (C=O) groups is 1. The molecule has 0 fully saturated rings. The zero-order chi connectivity index (χ0) is 10.6. The Bertz CT molecular complexity index is 365. The maximum Gasteiger partial charge on any atom is 0.254 e. The number of hydrogen-bond acceptors (Lipinski definition) is 1. The molecule has 0 bridgehead atoms. The summed E-state index contributed by atoms with van der Waals surface area (Å²) in [4.78, 5) is 11.4. The zero-order valence-electron chi connectivity index (χ0n) is 7.39. The Kier molecular flexibility index (Phi) is 3.83. The first-order valence-corrected chi connectivity index (χ1v) is 4.78. The Morgan fingerprint density at radius 1 is 1.64 bits per heavy atom. The van der Waals surface area contributed by atoms with Crippen molar-refractivity contribution in [1.82, 2.24) is 5.32 Å². The average molecular weight is 258 g/mol. The van der Waals surface area contributed by atoms with Crippen LogP contribution in [0.25, 0.3) is 0 Å². The van der Waals surface area contributed by atoms with Crippen molar-refractivity contribution < 1.29 is 9.18 Å². The van der Waals surface area contributed by atoms with E-state index in [1.165, 1.54) is 18.2 Å². The topological polar surface area (TPSA) is 29.1 Å². The zero-order valence-corrected chi connectivity index (χ0v) is 8.97. The van der Waals surface area contributed by atoms with Crippen LogP contribution in [-0.4, -0.2) is 12.5 Å². The van der Waals surface area contributed by atoms with Crippen molar-refractivity contribution in [3.8, 4) is 0 Å². The molecular weight excluding hydrogens is 249 g/mol. The third-order valence-electron chi connectivity index (χ3n) is 1.58. The minimum Gasteiger partial charge on any atom is -0.348 e. The van der Waals surface area contributed by atoms with Crippen molar-refractivity contribution in [2.24, 2.45) is 0 Å². The van der Waals surface area contributed by atoms with E-state index < -0.39 is 11.7 Å². The van der Waals surface area contributed by atoms with Crippen molar-refractivity contribution in [2.45, 2.75) is 0 Å². The van der Waals surface area contributed by atoms with Crippen LogP contribution in [0.3, 0.4) is 0 Å². The molecule has 4 heteroatoms. The first kappa shape index (κ1) is 10.9. The van der Waals surface area contributed by atoms with E-state index in [1.54, 1.807) is 6.07 Å². The highest BCUT2D eigenvalue weighted by Gasteiger charge is 2.10. The lowest BCUT2D eigenvalue weighted by atomic mass is 10.2. The fourth-order valence-corrected chi connectivity index (χ4v) is 1.29. The fraction of sp³-hybridized carbons (Fsp3) is 0.100. The van der Waals surface area contributed by atoms with Gasteiger partial charge in [-0.15, -0.1) is 6.58 Å². The molecule has 1 rings (SSSR count). The third kappa shape index (κ3) is 2.67. The van der Waals surface area contributed by atoms with Crippen molar-refractivity contribution in [2.75, 3.05) is 6.54 Å². The van der Waals surface area contributed by atoms with Crippen LogP contribution in [0, 0.1) is 5.82 Å². The molecule has 1 amide bonds. The van der Waals surface area contributed by atoms with Crippen molar-refractivity contribution in [3.63, 3.8) is 0 Å². The first-order chi connectivity index (χ1) is 6.65. The van der Waals surface area contributed by atoms with Gasteiger partial charge in [-0.3, -0.25) is 4.79 Å². The Balaban J connectivity index is 2.88. The van der Waals surface area contributed by atoms with Crippen LogP contribution in [0.1, 0.15) is 10.4 Å². The largest absolute Gasteiger partial charge is 0.348 e. The molecular formula is C10H9BrFNO. The molecule has 0 aliphatic heterocycles. The molecule has 74 valence electrons. The summed E-state index contributed by atoms with van der Waals surface area (Å²) in [5, 5.41) is 2.50.